The minimum Gasteiger partial charge on any atom is -0.497 e. The molecule has 1 aliphatic carbocycles. The zero-order valence-corrected chi connectivity index (χ0v) is 13.8. The van der Waals surface area contributed by atoms with Crippen LogP contribution in [0.5, 0.6) is 11.5 Å². The first-order valence-electron chi connectivity index (χ1n) is 8.02. The molecule has 21 heavy (non-hydrogen) atoms. The highest BCUT2D eigenvalue weighted by Gasteiger charge is 2.33. The lowest BCUT2D eigenvalue weighted by molar-refractivity contribution is 0.195. The molecule has 1 aromatic rings. The van der Waals surface area contributed by atoms with Crippen LogP contribution in [0.2, 0.25) is 0 Å². The molecule has 0 saturated heterocycles. The van der Waals surface area contributed by atoms with E-state index in [9.17, 15) is 0 Å². The van der Waals surface area contributed by atoms with Crippen LogP contribution in [0.4, 0.5) is 0 Å². The SMILES string of the molecule is COc1ccc(OC)c(C2CC(C(C)C)CCC2CN)c1. The largest absolute Gasteiger partial charge is 0.497 e. The molecule has 0 radical (unpaired) electrons. The molecule has 0 bridgehead atoms. The molecule has 0 aliphatic heterocycles. The lowest BCUT2D eigenvalue weighted by atomic mass is 9.68. The summed E-state index contributed by atoms with van der Waals surface area (Å²) >= 11 is 0. The molecule has 3 atom stereocenters. The minimum atomic E-state index is 0.473. The molecule has 0 heterocycles. The first kappa shape index (κ1) is 16.2. The normalized spacial score (nSPS) is 25.9. The van der Waals surface area contributed by atoms with Gasteiger partial charge in [-0.2, -0.15) is 0 Å². The van der Waals surface area contributed by atoms with E-state index in [-0.39, 0.29) is 0 Å². The predicted octanol–water partition coefficient (Wildman–Crippen LogP) is 3.82. The Hall–Kier alpha value is -1.22. The number of nitrogens with two attached hydrogens (primary N) is 1. The first-order valence-corrected chi connectivity index (χ1v) is 8.02. The van der Waals surface area contributed by atoms with E-state index in [2.05, 4.69) is 19.9 Å². The van der Waals surface area contributed by atoms with Crippen molar-refractivity contribution >= 4 is 0 Å². The van der Waals surface area contributed by atoms with Crippen LogP contribution in [0.15, 0.2) is 18.2 Å². The number of methoxy groups -OCH3 is 2. The number of hydrogen-bond acceptors (Lipinski definition) is 3. The van der Waals surface area contributed by atoms with Crippen LogP contribution in [0, 0.1) is 17.8 Å². The first-order chi connectivity index (χ1) is 10.1. The lowest BCUT2D eigenvalue weighted by Crippen LogP contribution is -2.31. The van der Waals surface area contributed by atoms with Crippen molar-refractivity contribution in [3.8, 4) is 11.5 Å². The molecule has 118 valence electrons. The van der Waals surface area contributed by atoms with Crippen LogP contribution in [-0.4, -0.2) is 20.8 Å². The van der Waals surface area contributed by atoms with E-state index in [1.54, 1.807) is 14.2 Å². The van der Waals surface area contributed by atoms with E-state index in [0.29, 0.717) is 11.8 Å². The number of hydrogen-bond donors (Lipinski definition) is 1. The molecule has 2 N–H and O–H groups in total. The number of benzene rings is 1. The Labute approximate surface area is 128 Å². The summed E-state index contributed by atoms with van der Waals surface area (Å²) in [7, 11) is 3.45. The van der Waals surface area contributed by atoms with Crippen LogP contribution < -0.4 is 15.2 Å². The summed E-state index contributed by atoms with van der Waals surface area (Å²) in [6.07, 6.45) is 3.70. The van der Waals surface area contributed by atoms with Gasteiger partial charge in [0.1, 0.15) is 11.5 Å². The fraction of sp³-hybridized carbons (Fsp3) is 0.667. The molecular formula is C18H29NO2. The van der Waals surface area contributed by atoms with E-state index in [0.717, 1.165) is 29.9 Å². The van der Waals surface area contributed by atoms with Crippen molar-refractivity contribution in [1.82, 2.24) is 0 Å². The second-order valence-corrected chi connectivity index (χ2v) is 6.53. The van der Waals surface area contributed by atoms with E-state index in [1.165, 1.54) is 24.8 Å². The van der Waals surface area contributed by atoms with Gasteiger partial charge in [0.2, 0.25) is 0 Å². The fourth-order valence-corrected chi connectivity index (χ4v) is 3.66. The molecule has 1 aliphatic rings. The van der Waals surface area contributed by atoms with E-state index in [4.69, 9.17) is 15.2 Å². The minimum absolute atomic E-state index is 0.473. The van der Waals surface area contributed by atoms with Gasteiger partial charge >= 0.3 is 0 Å². The van der Waals surface area contributed by atoms with Crippen molar-refractivity contribution in [2.24, 2.45) is 23.5 Å². The predicted molar refractivity (Wildman–Crippen MR) is 87.0 cm³/mol. The van der Waals surface area contributed by atoms with Gasteiger partial charge in [-0.25, -0.2) is 0 Å². The van der Waals surface area contributed by atoms with Crippen molar-refractivity contribution in [1.29, 1.82) is 0 Å². The van der Waals surface area contributed by atoms with Crippen LogP contribution >= 0.6 is 0 Å². The fourth-order valence-electron chi connectivity index (χ4n) is 3.66. The Morgan fingerprint density at radius 2 is 1.95 bits per heavy atom. The van der Waals surface area contributed by atoms with Gasteiger partial charge < -0.3 is 15.2 Å². The van der Waals surface area contributed by atoms with Gasteiger partial charge in [-0.1, -0.05) is 13.8 Å². The highest BCUT2D eigenvalue weighted by atomic mass is 16.5. The zero-order chi connectivity index (χ0) is 15.4. The van der Waals surface area contributed by atoms with Crippen molar-refractivity contribution in [3.63, 3.8) is 0 Å². The van der Waals surface area contributed by atoms with Crippen molar-refractivity contribution in [2.75, 3.05) is 20.8 Å². The maximum atomic E-state index is 6.04. The molecule has 1 saturated carbocycles. The quantitative estimate of drug-likeness (QED) is 0.897. The third-order valence-corrected chi connectivity index (χ3v) is 5.12. The summed E-state index contributed by atoms with van der Waals surface area (Å²) in [5.74, 6) is 4.37. The van der Waals surface area contributed by atoms with Gasteiger partial charge in [-0.3, -0.25) is 0 Å². The van der Waals surface area contributed by atoms with Crippen molar-refractivity contribution in [2.45, 2.75) is 39.0 Å². The van der Waals surface area contributed by atoms with Gasteiger partial charge in [0, 0.05) is 5.56 Å². The average Bonchev–Trinajstić information content (AvgIpc) is 2.53. The van der Waals surface area contributed by atoms with E-state index in [1.807, 2.05) is 12.1 Å². The van der Waals surface area contributed by atoms with Crippen molar-refractivity contribution < 1.29 is 9.47 Å². The lowest BCUT2D eigenvalue weighted by Gasteiger charge is -2.38. The van der Waals surface area contributed by atoms with E-state index >= 15 is 0 Å². The average molecular weight is 291 g/mol. The highest BCUT2D eigenvalue weighted by molar-refractivity contribution is 5.43. The van der Waals surface area contributed by atoms with Gasteiger partial charge in [-0.05, 0) is 67.7 Å². The van der Waals surface area contributed by atoms with Crippen LogP contribution in [-0.2, 0) is 0 Å². The molecule has 3 heteroatoms. The van der Waals surface area contributed by atoms with Crippen molar-refractivity contribution in [3.05, 3.63) is 23.8 Å². The maximum absolute atomic E-state index is 6.04. The smallest absolute Gasteiger partial charge is 0.122 e. The molecule has 0 amide bonds. The molecule has 1 aromatic carbocycles. The maximum Gasteiger partial charge on any atom is 0.122 e. The van der Waals surface area contributed by atoms with Gasteiger partial charge in [0.25, 0.3) is 0 Å². The zero-order valence-electron chi connectivity index (χ0n) is 13.8. The monoisotopic (exact) mass is 291 g/mol. The summed E-state index contributed by atoms with van der Waals surface area (Å²) in [4.78, 5) is 0. The van der Waals surface area contributed by atoms with Gasteiger partial charge in [-0.15, -0.1) is 0 Å². The van der Waals surface area contributed by atoms with Gasteiger partial charge in [0.05, 0.1) is 14.2 Å². The Morgan fingerprint density at radius 1 is 1.19 bits per heavy atom. The Kier molecular flexibility index (Phi) is 5.51. The molecular weight excluding hydrogens is 262 g/mol. The summed E-state index contributed by atoms with van der Waals surface area (Å²) in [6.45, 7) is 5.40. The van der Waals surface area contributed by atoms with Crippen LogP contribution in [0.1, 0.15) is 44.6 Å². The second kappa shape index (κ2) is 7.17. The standard InChI is InChI=1S/C18H29NO2/c1-12(2)13-5-6-14(11-19)16(9-13)17-10-15(20-3)7-8-18(17)21-4/h7-8,10,12-14,16H,5-6,9,11,19H2,1-4H3. The Morgan fingerprint density at radius 3 is 2.52 bits per heavy atom. The van der Waals surface area contributed by atoms with Crippen LogP contribution in [0.25, 0.3) is 0 Å². The third kappa shape index (κ3) is 3.52. The topological polar surface area (TPSA) is 44.5 Å². The summed E-state index contributed by atoms with van der Waals surface area (Å²) in [5, 5.41) is 0. The molecule has 3 nitrogen and oxygen atoms in total. The Bertz CT molecular complexity index is 459. The third-order valence-electron chi connectivity index (χ3n) is 5.12. The molecule has 0 spiro atoms. The number of ether oxygens (including phenoxy) is 2. The molecule has 2 rings (SSSR count). The highest BCUT2D eigenvalue weighted by Crippen LogP contribution is 2.46. The van der Waals surface area contributed by atoms with E-state index < -0.39 is 0 Å². The number of rotatable bonds is 5. The summed E-state index contributed by atoms with van der Waals surface area (Å²) in [6, 6.07) is 6.11. The second-order valence-electron chi connectivity index (χ2n) is 6.53. The summed E-state index contributed by atoms with van der Waals surface area (Å²) in [5.41, 5.74) is 7.30. The molecule has 1 fully saturated rings. The molecule has 3 unspecified atom stereocenters. The van der Waals surface area contributed by atoms with Gasteiger partial charge in [0.15, 0.2) is 0 Å². The molecule has 0 aromatic heterocycles. The Balaban J connectivity index is 2.35. The van der Waals surface area contributed by atoms with Crippen LogP contribution in [0.3, 0.4) is 0 Å². The summed E-state index contributed by atoms with van der Waals surface area (Å²) < 4.78 is 11.0.